The Morgan fingerprint density at radius 2 is 1.54 bits per heavy atom. The minimum Gasteiger partial charge on any atom is -0.390 e. The lowest BCUT2D eigenvalue weighted by Crippen LogP contribution is -2.33. The highest BCUT2D eigenvalue weighted by atomic mass is 31.3. The average Bonchev–Trinajstić information content (AvgIpc) is 3.12. The van der Waals surface area contributed by atoms with Gasteiger partial charge >= 0.3 is 37.0 Å². The van der Waals surface area contributed by atoms with E-state index in [1.54, 1.807) is 0 Å². The van der Waals surface area contributed by atoms with Gasteiger partial charge in [-0.15, -0.1) is 0 Å². The molecule has 20 nitrogen and oxygen atoms in total. The zero-order valence-corrected chi connectivity index (χ0v) is 23.8. The number of unbranched alkanes of at least 4 members (excludes halogenated alkanes) is 2. The van der Waals surface area contributed by atoms with Gasteiger partial charge in [0.2, 0.25) is 0 Å². The second kappa shape index (κ2) is 13.9. The van der Waals surface area contributed by atoms with Gasteiger partial charge in [0.05, 0.1) is 19.3 Å². The van der Waals surface area contributed by atoms with E-state index in [0.717, 1.165) is 10.8 Å². The summed E-state index contributed by atoms with van der Waals surface area (Å²) in [7, 11) is -22.7. The van der Waals surface area contributed by atoms with Crippen LogP contribution in [-0.2, 0) is 45.0 Å². The average molecular weight is 647 g/mol. The smallest absolute Gasteiger partial charge is 0.390 e. The van der Waals surface area contributed by atoms with E-state index in [4.69, 9.17) is 10.5 Å². The Labute approximate surface area is 220 Å². The largest absolute Gasteiger partial charge is 0.490 e. The van der Waals surface area contributed by atoms with E-state index in [1.807, 2.05) is 4.98 Å². The Balaban J connectivity index is 1.93. The number of aliphatic hydroxyl groups is 1. The summed E-state index contributed by atoms with van der Waals surface area (Å²) in [6.45, 7) is 0.388. The summed E-state index contributed by atoms with van der Waals surface area (Å²) in [6.07, 6.45) is -1.68. The topological polar surface area (TPSA) is 306 Å². The maximum absolute atomic E-state index is 12.1. The molecule has 1 aromatic rings. The molecule has 0 amide bonds. The molecule has 226 valence electrons. The Hall–Kier alpha value is -0.880. The van der Waals surface area contributed by atoms with Crippen LogP contribution in [0.4, 0.5) is 0 Å². The van der Waals surface area contributed by atoms with Crippen molar-refractivity contribution in [3.05, 3.63) is 32.6 Å². The monoisotopic (exact) mass is 647 g/mol. The van der Waals surface area contributed by atoms with Crippen LogP contribution in [0.25, 0.3) is 0 Å². The second-order valence-corrected chi connectivity index (χ2v) is 14.2. The lowest BCUT2D eigenvalue weighted by Gasteiger charge is -2.21. The third kappa shape index (κ3) is 11.5. The van der Waals surface area contributed by atoms with Gasteiger partial charge in [0, 0.05) is 18.2 Å². The molecule has 1 aliphatic rings. The number of aliphatic hydroxyl groups excluding tert-OH is 1. The molecule has 0 aliphatic carbocycles. The molecule has 24 heteroatoms. The van der Waals surface area contributed by atoms with Crippen LogP contribution in [0, 0.1) is 6.92 Å². The molecular weight excluding hydrogens is 618 g/mol. The van der Waals surface area contributed by atoms with Crippen molar-refractivity contribution in [3.8, 4) is 0 Å². The van der Waals surface area contributed by atoms with Crippen LogP contribution in [0.1, 0.15) is 37.5 Å². The van der Waals surface area contributed by atoms with E-state index in [1.165, 1.54) is 6.92 Å². The third-order valence-electron chi connectivity index (χ3n) is 4.78. The first kappa shape index (κ1) is 34.3. The number of nitrogens with two attached hydrogens (primary N) is 1. The van der Waals surface area contributed by atoms with Gasteiger partial charge in [0.25, 0.3) is 5.56 Å². The van der Waals surface area contributed by atoms with E-state index in [9.17, 15) is 52.5 Å². The van der Waals surface area contributed by atoms with Crippen molar-refractivity contribution in [2.75, 3.05) is 19.8 Å². The molecule has 5 unspecified atom stereocenters. The van der Waals surface area contributed by atoms with E-state index in [2.05, 4.69) is 22.0 Å². The molecule has 7 atom stereocenters. The molecular formula is C15H29N3O17P4. The number of ether oxygens (including phenoxy) is 1. The molecule has 1 aliphatic heterocycles. The van der Waals surface area contributed by atoms with Crippen LogP contribution >= 0.6 is 31.3 Å². The highest BCUT2D eigenvalue weighted by Crippen LogP contribution is 2.71. The van der Waals surface area contributed by atoms with Crippen LogP contribution in [0.2, 0.25) is 0 Å². The molecule has 2 heterocycles. The maximum Gasteiger partial charge on any atom is 0.490 e. The van der Waals surface area contributed by atoms with Gasteiger partial charge in [-0.3, -0.25) is 23.4 Å². The first-order chi connectivity index (χ1) is 17.9. The SMILES string of the molecule is Cc1cn([C@H]2CC(O)[C@@H](COP(=O)(O)OP(=O)(O)OP(=O)(O)OP(=O)(O)OCCCCCN)O2)c(=O)[nH]c1=O. The van der Waals surface area contributed by atoms with E-state index in [-0.39, 0.29) is 18.4 Å². The normalized spacial score (nSPS) is 25.9. The Kier molecular flexibility index (Phi) is 12.2. The predicted octanol–water partition coefficient (Wildman–Crippen LogP) is 0.107. The van der Waals surface area contributed by atoms with Gasteiger partial charge in [-0.1, -0.05) is 0 Å². The number of hydrogen-bond acceptors (Lipinski definition) is 14. The van der Waals surface area contributed by atoms with Crippen molar-refractivity contribution in [1.29, 1.82) is 0 Å². The van der Waals surface area contributed by atoms with Gasteiger partial charge in [0.1, 0.15) is 12.3 Å². The van der Waals surface area contributed by atoms with Crippen molar-refractivity contribution in [2.45, 2.75) is 51.0 Å². The van der Waals surface area contributed by atoms with E-state index in [0.29, 0.717) is 19.4 Å². The summed E-state index contributed by atoms with van der Waals surface area (Å²) in [5.41, 5.74) is 3.92. The van der Waals surface area contributed by atoms with Crippen molar-refractivity contribution < 1.29 is 69.7 Å². The molecule has 39 heavy (non-hydrogen) atoms. The van der Waals surface area contributed by atoms with E-state index >= 15 is 0 Å². The minimum absolute atomic E-state index is 0.149. The van der Waals surface area contributed by atoms with Crippen molar-refractivity contribution in [1.82, 2.24) is 9.55 Å². The standard InChI is InChI=1S/C15H29N3O17P4/c1-10-8-18(15(21)17-14(10)20)13-7-11(19)12(32-13)9-31-37(24,25)34-39(28,29)35-38(26,27)33-36(22,23)30-6-4-2-3-5-16/h8,11-13,19H,2-7,9,16H2,1H3,(H,22,23)(H,24,25)(H,26,27)(H,28,29)(H,17,20,21)/t11?,12-,13-/m1/s1. The highest BCUT2D eigenvalue weighted by molar-refractivity contribution is 7.69. The molecule has 0 radical (unpaired) electrons. The fraction of sp³-hybridized carbons (Fsp3) is 0.733. The number of phosphoric acid groups is 4. The molecule has 0 spiro atoms. The summed E-state index contributed by atoms with van der Waals surface area (Å²) in [6, 6.07) is 0. The van der Waals surface area contributed by atoms with Crippen molar-refractivity contribution >= 4 is 31.3 Å². The molecule has 0 saturated carbocycles. The predicted molar refractivity (Wildman–Crippen MR) is 128 cm³/mol. The number of phosphoric ester groups is 2. The highest BCUT2D eigenvalue weighted by Gasteiger charge is 2.46. The molecule has 0 aromatic carbocycles. The van der Waals surface area contributed by atoms with Crippen LogP contribution in [0.15, 0.2) is 15.8 Å². The molecule has 1 fully saturated rings. The first-order valence-electron chi connectivity index (χ1n) is 11.0. The van der Waals surface area contributed by atoms with Gasteiger partial charge in [-0.05, 0) is 32.7 Å². The summed E-state index contributed by atoms with van der Waals surface area (Å²) in [5.74, 6) is 0. The van der Waals surface area contributed by atoms with Gasteiger partial charge < -0.3 is 35.2 Å². The van der Waals surface area contributed by atoms with Crippen molar-refractivity contribution in [3.63, 3.8) is 0 Å². The number of nitrogens with one attached hydrogen (secondary N) is 1. The number of aryl methyl sites for hydroxylation is 1. The number of nitrogens with zero attached hydrogens (tertiary/aromatic N) is 1. The molecule has 8 N–H and O–H groups in total. The number of rotatable bonds is 16. The number of aromatic nitrogens is 2. The zero-order chi connectivity index (χ0) is 29.6. The number of H-pyrrole nitrogens is 1. The van der Waals surface area contributed by atoms with Gasteiger partial charge in [-0.25, -0.2) is 23.1 Å². The first-order valence-corrected chi connectivity index (χ1v) is 16.9. The molecule has 0 bridgehead atoms. The zero-order valence-electron chi connectivity index (χ0n) is 20.2. The molecule has 1 aromatic heterocycles. The number of aromatic amines is 1. The van der Waals surface area contributed by atoms with Crippen LogP contribution < -0.4 is 17.0 Å². The Bertz CT molecular complexity index is 1300. The van der Waals surface area contributed by atoms with Crippen molar-refractivity contribution in [2.24, 2.45) is 5.73 Å². The number of hydrogen-bond donors (Lipinski definition) is 7. The third-order valence-corrected chi connectivity index (χ3v) is 10.7. The second-order valence-electron chi connectivity index (χ2n) is 8.01. The Morgan fingerprint density at radius 3 is 2.13 bits per heavy atom. The lowest BCUT2D eigenvalue weighted by atomic mass is 10.2. The minimum atomic E-state index is -5.98. The van der Waals surface area contributed by atoms with Crippen LogP contribution in [-0.4, -0.2) is 66.2 Å². The van der Waals surface area contributed by atoms with E-state index < -0.39 is 74.2 Å². The molecule has 1 saturated heterocycles. The summed E-state index contributed by atoms with van der Waals surface area (Å²) >= 11 is 0. The summed E-state index contributed by atoms with van der Waals surface area (Å²) in [5, 5.41) is 10.1. The fourth-order valence-electron chi connectivity index (χ4n) is 3.07. The summed E-state index contributed by atoms with van der Waals surface area (Å²) in [4.78, 5) is 63.8. The maximum atomic E-state index is 12.1. The summed E-state index contributed by atoms with van der Waals surface area (Å²) < 4.78 is 74.4. The lowest BCUT2D eigenvalue weighted by molar-refractivity contribution is -0.0450. The fourth-order valence-corrected chi connectivity index (χ4v) is 8.05. The Morgan fingerprint density at radius 1 is 0.974 bits per heavy atom. The van der Waals surface area contributed by atoms with Gasteiger partial charge in [0.15, 0.2) is 0 Å². The van der Waals surface area contributed by atoms with Gasteiger partial charge in [-0.2, -0.15) is 12.9 Å². The molecule has 2 rings (SSSR count). The van der Waals surface area contributed by atoms with Crippen LogP contribution in [0.3, 0.4) is 0 Å². The van der Waals surface area contributed by atoms with Crippen LogP contribution in [0.5, 0.6) is 0 Å². The quantitative estimate of drug-likeness (QED) is 0.0924.